The van der Waals surface area contributed by atoms with E-state index in [1.54, 1.807) is 25.1 Å². The number of H-pyrrole nitrogens is 1. The lowest BCUT2D eigenvalue weighted by Crippen LogP contribution is -2.38. The highest BCUT2D eigenvalue weighted by atomic mass is 16.4. The Labute approximate surface area is 223 Å². The minimum Gasteiger partial charge on any atom is -0.478 e. The zero-order valence-electron chi connectivity index (χ0n) is 20.8. The average molecular weight is 543 g/mol. The van der Waals surface area contributed by atoms with Gasteiger partial charge in [0.15, 0.2) is 17.1 Å². The fraction of sp³-hybridized carbons (Fsp3) is 0.115. The number of nitrogens with one attached hydrogen (secondary N) is 3. The number of imidazole rings is 1. The normalized spacial score (nSPS) is 11.8. The first-order valence-electron chi connectivity index (χ1n) is 11.8. The topological polar surface area (TPSA) is 215 Å². The minimum atomic E-state index is -1.32. The second kappa shape index (κ2) is 10.2. The Balaban J connectivity index is 1.41. The summed E-state index contributed by atoms with van der Waals surface area (Å²) in [7, 11) is 0. The molecular weight excluding hydrogens is 522 g/mol. The molecular formula is C26H21N7O7. The number of benzene rings is 2. The van der Waals surface area contributed by atoms with Crippen LogP contribution >= 0.6 is 0 Å². The van der Waals surface area contributed by atoms with Crippen molar-refractivity contribution in [2.45, 2.75) is 19.5 Å². The molecule has 0 saturated carbocycles. The largest absolute Gasteiger partial charge is 0.478 e. The van der Waals surface area contributed by atoms with Crippen LogP contribution in [0, 0.1) is 6.92 Å². The summed E-state index contributed by atoms with van der Waals surface area (Å²) in [5.74, 6) is -3.10. The molecule has 0 unspecified atom stereocenters. The highest BCUT2D eigenvalue weighted by Gasteiger charge is 2.24. The lowest BCUT2D eigenvalue weighted by Gasteiger charge is -2.16. The molecule has 3 amide bonds. The third-order valence-electron chi connectivity index (χ3n) is 6.03. The molecule has 0 aliphatic heterocycles. The number of hydrogen-bond donors (Lipinski definition) is 5. The first-order valence-corrected chi connectivity index (χ1v) is 11.8. The average Bonchev–Trinajstić information content (AvgIpc) is 3.50. The van der Waals surface area contributed by atoms with Crippen molar-refractivity contribution < 1.29 is 28.7 Å². The molecule has 14 heteroatoms. The van der Waals surface area contributed by atoms with E-state index in [0.717, 1.165) is 16.0 Å². The number of amides is 3. The van der Waals surface area contributed by atoms with Crippen LogP contribution in [-0.4, -0.2) is 48.2 Å². The van der Waals surface area contributed by atoms with E-state index in [2.05, 4.69) is 25.6 Å². The van der Waals surface area contributed by atoms with Crippen molar-refractivity contribution in [1.82, 2.24) is 30.0 Å². The van der Waals surface area contributed by atoms with Gasteiger partial charge in [0.05, 0.1) is 5.56 Å². The molecule has 0 radical (unpaired) electrons. The minimum absolute atomic E-state index is 0.0104. The predicted octanol–water partition coefficient (Wildman–Crippen LogP) is 1.06. The van der Waals surface area contributed by atoms with Gasteiger partial charge < -0.3 is 30.9 Å². The summed E-state index contributed by atoms with van der Waals surface area (Å²) >= 11 is 0. The van der Waals surface area contributed by atoms with Crippen LogP contribution in [0.5, 0.6) is 0 Å². The van der Waals surface area contributed by atoms with Crippen molar-refractivity contribution in [3.05, 3.63) is 99.2 Å². The molecule has 40 heavy (non-hydrogen) atoms. The molecule has 202 valence electrons. The number of aromatic nitrogens is 4. The van der Waals surface area contributed by atoms with E-state index in [4.69, 9.17) is 15.3 Å². The number of aryl methyl sites for hydroxylation is 1. The molecule has 0 saturated heterocycles. The number of aromatic amines is 1. The molecule has 3 heterocycles. The van der Waals surface area contributed by atoms with Crippen LogP contribution in [0.25, 0.3) is 16.7 Å². The molecule has 0 spiro atoms. The van der Waals surface area contributed by atoms with Crippen molar-refractivity contribution in [3.63, 3.8) is 0 Å². The van der Waals surface area contributed by atoms with Gasteiger partial charge in [-0.25, -0.2) is 24.0 Å². The number of aromatic carboxylic acids is 1. The molecule has 0 fully saturated rings. The van der Waals surface area contributed by atoms with E-state index in [0.29, 0.717) is 17.0 Å². The Morgan fingerprint density at radius 2 is 1.82 bits per heavy atom. The number of carbonyl (C=O) groups excluding carboxylic acids is 3. The van der Waals surface area contributed by atoms with Gasteiger partial charge in [-0.2, -0.15) is 0 Å². The Hall–Kier alpha value is -5.79. The van der Waals surface area contributed by atoms with Crippen molar-refractivity contribution in [3.8, 4) is 0 Å². The van der Waals surface area contributed by atoms with Gasteiger partial charge in [0, 0.05) is 19.7 Å². The molecule has 5 aromatic rings. The van der Waals surface area contributed by atoms with Gasteiger partial charge in [0.25, 0.3) is 11.8 Å². The number of hydrogen-bond acceptors (Lipinski definition) is 8. The van der Waals surface area contributed by atoms with Crippen LogP contribution in [0.2, 0.25) is 0 Å². The van der Waals surface area contributed by atoms with Crippen molar-refractivity contribution in [1.29, 1.82) is 0 Å². The lowest BCUT2D eigenvalue weighted by atomic mass is 10.0. The molecule has 5 rings (SSSR count). The fourth-order valence-electron chi connectivity index (χ4n) is 4.12. The van der Waals surface area contributed by atoms with E-state index in [9.17, 15) is 24.0 Å². The monoisotopic (exact) mass is 543 g/mol. The van der Waals surface area contributed by atoms with E-state index in [1.165, 1.54) is 30.5 Å². The number of oxazole rings is 1. The summed E-state index contributed by atoms with van der Waals surface area (Å²) in [6, 6.07) is 10.2. The molecule has 2 aromatic carbocycles. The summed E-state index contributed by atoms with van der Waals surface area (Å²) in [5, 5.41) is 14.2. The first-order chi connectivity index (χ1) is 19.1. The van der Waals surface area contributed by atoms with Gasteiger partial charge in [-0.3, -0.25) is 14.4 Å². The van der Waals surface area contributed by atoms with Crippen LogP contribution in [0.15, 0.2) is 63.9 Å². The maximum atomic E-state index is 13.2. The summed E-state index contributed by atoms with van der Waals surface area (Å²) < 4.78 is 6.46. The van der Waals surface area contributed by atoms with Crippen molar-refractivity contribution in [2.75, 3.05) is 0 Å². The van der Waals surface area contributed by atoms with Crippen LogP contribution in [0.1, 0.15) is 54.4 Å². The van der Waals surface area contributed by atoms with Gasteiger partial charge >= 0.3 is 11.7 Å². The second-order valence-corrected chi connectivity index (χ2v) is 8.77. The Morgan fingerprint density at radius 3 is 2.52 bits per heavy atom. The molecule has 6 N–H and O–H groups in total. The molecule has 0 aliphatic carbocycles. The number of carboxylic acids is 1. The number of nitrogens with zero attached hydrogens (tertiary/aromatic N) is 3. The van der Waals surface area contributed by atoms with Crippen molar-refractivity contribution >= 4 is 40.4 Å². The number of rotatable bonds is 8. The molecule has 3 aromatic heterocycles. The van der Waals surface area contributed by atoms with E-state index >= 15 is 0 Å². The Bertz CT molecular complexity index is 1870. The van der Waals surface area contributed by atoms with Gasteiger partial charge in [-0.15, -0.1) is 0 Å². The van der Waals surface area contributed by atoms with E-state index in [-0.39, 0.29) is 34.7 Å². The molecule has 1 atom stereocenters. The number of nitrogens with two attached hydrogens (primary N) is 1. The second-order valence-electron chi connectivity index (χ2n) is 8.77. The van der Waals surface area contributed by atoms with Crippen molar-refractivity contribution in [2.24, 2.45) is 5.73 Å². The highest BCUT2D eigenvalue weighted by molar-refractivity contribution is 6.00. The molecule has 14 nitrogen and oxygen atoms in total. The summed E-state index contributed by atoms with van der Waals surface area (Å²) in [6.45, 7) is 1.81. The van der Waals surface area contributed by atoms with Gasteiger partial charge in [-0.05, 0) is 41.5 Å². The third kappa shape index (κ3) is 5.00. The first kappa shape index (κ1) is 25.8. The highest BCUT2D eigenvalue weighted by Crippen LogP contribution is 2.18. The zero-order chi connectivity index (χ0) is 28.6. The molecule has 0 aliphatic rings. The van der Waals surface area contributed by atoms with Crippen LogP contribution in [0.4, 0.5) is 0 Å². The van der Waals surface area contributed by atoms with E-state index in [1.807, 2.05) is 0 Å². The number of primary amides is 1. The number of carboxylic acid groups (broad SMARTS) is 1. The van der Waals surface area contributed by atoms with Crippen LogP contribution in [-0.2, 0) is 11.3 Å². The van der Waals surface area contributed by atoms with Gasteiger partial charge in [-0.1, -0.05) is 18.2 Å². The quantitative estimate of drug-likeness (QED) is 0.189. The maximum Gasteiger partial charge on any atom is 0.335 e. The predicted molar refractivity (Wildman–Crippen MR) is 139 cm³/mol. The zero-order valence-corrected chi connectivity index (χ0v) is 20.8. The standard InChI is InChI=1S/C26H21N7O7/c1-12-30-16-8-13(2-7-19(16)40-12)10-28-24(36)18-9-17(31-20-11-29-26(39)33(18)20)23(35)32-21(22(27)34)14-3-5-15(6-4-14)25(37)38/h2-9,11,21H,10H2,1H3,(H2,27,34)(H,28,36)(H,29,39)(H,32,35)(H,37,38)/t21-/m1/s1. The van der Waals surface area contributed by atoms with Crippen LogP contribution < -0.4 is 22.1 Å². The maximum absolute atomic E-state index is 13.2. The Morgan fingerprint density at radius 1 is 1.07 bits per heavy atom. The van der Waals surface area contributed by atoms with E-state index < -0.39 is 35.4 Å². The fourth-order valence-corrected chi connectivity index (χ4v) is 4.12. The third-order valence-corrected chi connectivity index (χ3v) is 6.03. The number of carbonyl (C=O) groups is 4. The summed E-state index contributed by atoms with van der Waals surface area (Å²) in [4.78, 5) is 72.7. The van der Waals surface area contributed by atoms with Gasteiger partial charge in [0.1, 0.15) is 22.9 Å². The molecule has 0 bridgehead atoms. The Kier molecular flexibility index (Phi) is 6.57. The summed E-state index contributed by atoms with van der Waals surface area (Å²) in [5.41, 5.74) is 6.54. The SMILES string of the molecule is Cc1nc2cc(CNC(=O)c3cc(C(=O)N[C@@H](C(N)=O)c4ccc(C(=O)O)cc4)nc4c[nH]c(=O)n34)ccc2o1. The lowest BCUT2D eigenvalue weighted by molar-refractivity contribution is -0.120. The van der Waals surface area contributed by atoms with Gasteiger partial charge in [0.2, 0.25) is 5.91 Å². The number of fused-ring (bicyclic) bond motifs is 2. The van der Waals surface area contributed by atoms with Crippen LogP contribution in [0.3, 0.4) is 0 Å². The smallest absolute Gasteiger partial charge is 0.335 e. The summed E-state index contributed by atoms with van der Waals surface area (Å²) in [6.07, 6.45) is 1.23.